The van der Waals surface area contributed by atoms with Gasteiger partial charge in [-0.25, -0.2) is 4.79 Å². The smallest absolute Gasteiger partial charge is 0.328 e. The number of hydrogen-bond acceptors (Lipinski definition) is 5. The van der Waals surface area contributed by atoms with Gasteiger partial charge in [-0.1, -0.05) is 27.7 Å². The Morgan fingerprint density at radius 3 is 2.31 bits per heavy atom. The molecular weight excluding hydrogens is 440 g/mol. The van der Waals surface area contributed by atoms with E-state index in [0.717, 1.165) is 37.5 Å². The molecule has 0 aromatic heterocycles. The summed E-state index contributed by atoms with van der Waals surface area (Å²) in [6, 6.07) is -0.622. The molecule has 35 heavy (non-hydrogen) atoms. The zero-order valence-electron chi connectivity index (χ0n) is 22.6. The Labute approximate surface area is 211 Å². The fourth-order valence-electron chi connectivity index (χ4n) is 9.18. The van der Waals surface area contributed by atoms with Crippen LogP contribution in [0.5, 0.6) is 0 Å². The number of amides is 1. The van der Waals surface area contributed by atoms with Crippen molar-refractivity contribution >= 4 is 17.7 Å². The van der Waals surface area contributed by atoms with Gasteiger partial charge < -0.3 is 15.8 Å². The predicted octanol–water partition coefficient (Wildman–Crippen LogP) is 4.64. The zero-order chi connectivity index (χ0) is 25.5. The number of esters is 1. The molecule has 0 heterocycles. The SMILES string of the molecule is CC(=O)[C@H]1CC[C@H]2[C@@H]3CC[C@H]4C[C@H](OC(=O)[C@@H](CC(C)C)NC(=O)CN)CC[C@]4(C)[C@H]3CC[C@]12C. The summed E-state index contributed by atoms with van der Waals surface area (Å²) in [4.78, 5) is 37.3. The van der Waals surface area contributed by atoms with Gasteiger partial charge in [0.15, 0.2) is 0 Å². The fourth-order valence-corrected chi connectivity index (χ4v) is 9.18. The standard InChI is InChI=1S/C29H48N2O4/c1-17(2)14-25(31-26(33)16-30)27(34)35-20-10-12-28(4)19(15-20)6-7-21-23-9-8-22(18(3)32)29(23,5)13-11-24(21)28/h17,19-25H,6-16,30H2,1-5H3,(H,31,33)/t19-,20+,21-,22+,23-,24-,25+,28-,29+/m0/s1. The molecular formula is C29H48N2O4. The van der Waals surface area contributed by atoms with E-state index in [1.807, 2.05) is 13.8 Å². The van der Waals surface area contributed by atoms with E-state index in [4.69, 9.17) is 10.5 Å². The number of carbonyl (C=O) groups excluding carboxylic acids is 3. The maximum absolute atomic E-state index is 13.0. The molecule has 6 heteroatoms. The Balaban J connectivity index is 1.41. The summed E-state index contributed by atoms with van der Waals surface area (Å²) in [5.74, 6) is 3.02. The molecule has 4 saturated carbocycles. The van der Waals surface area contributed by atoms with Crippen LogP contribution in [0, 0.1) is 46.3 Å². The highest BCUT2D eigenvalue weighted by Gasteiger charge is 2.61. The summed E-state index contributed by atoms with van der Waals surface area (Å²) in [7, 11) is 0. The van der Waals surface area contributed by atoms with Crippen LogP contribution < -0.4 is 11.1 Å². The molecule has 6 nitrogen and oxygen atoms in total. The maximum atomic E-state index is 13.0. The molecule has 4 rings (SSSR count). The average Bonchev–Trinajstić information content (AvgIpc) is 3.16. The summed E-state index contributed by atoms with van der Waals surface area (Å²) in [6.45, 7) is 10.7. The number of ketones is 1. The van der Waals surface area contributed by atoms with Gasteiger partial charge in [-0.15, -0.1) is 0 Å². The zero-order valence-corrected chi connectivity index (χ0v) is 22.6. The lowest BCUT2D eigenvalue weighted by Gasteiger charge is -2.61. The highest BCUT2D eigenvalue weighted by molar-refractivity contribution is 5.85. The van der Waals surface area contributed by atoms with Crippen molar-refractivity contribution in [3.05, 3.63) is 0 Å². The second kappa shape index (κ2) is 10.1. The minimum Gasteiger partial charge on any atom is -0.461 e. The third-order valence-electron chi connectivity index (χ3n) is 10.9. The van der Waals surface area contributed by atoms with Crippen LogP contribution in [-0.2, 0) is 19.1 Å². The fraction of sp³-hybridized carbons (Fsp3) is 0.897. The van der Waals surface area contributed by atoms with Gasteiger partial charge in [0.2, 0.25) is 5.91 Å². The van der Waals surface area contributed by atoms with Crippen molar-refractivity contribution in [2.24, 2.45) is 52.1 Å². The van der Waals surface area contributed by atoms with Crippen molar-refractivity contribution in [1.82, 2.24) is 5.32 Å². The predicted molar refractivity (Wildman–Crippen MR) is 136 cm³/mol. The highest BCUT2D eigenvalue weighted by Crippen LogP contribution is 2.67. The second-order valence-electron chi connectivity index (χ2n) is 13.2. The summed E-state index contributed by atoms with van der Waals surface area (Å²) >= 11 is 0. The second-order valence-corrected chi connectivity index (χ2v) is 13.2. The van der Waals surface area contributed by atoms with E-state index in [1.54, 1.807) is 6.92 Å². The number of Topliss-reactive ketones (excluding diaryl/α,β-unsaturated/α-hetero) is 1. The summed E-state index contributed by atoms with van der Waals surface area (Å²) < 4.78 is 6.02. The number of carbonyl (C=O) groups is 3. The van der Waals surface area contributed by atoms with Gasteiger partial charge in [0.1, 0.15) is 17.9 Å². The van der Waals surface area contributed by atoms with Crippen molar-refractivity contribution in [2.75, 3.05) is 6.54 Å². The van der Waals surface area contributed by atoms with Gasteiger partial charge in [-0.05, 0) is 112 Å². The van der Waals surface area contributed by atoms with E-state index in [0.29, 0.717) is 29.5 Å². The van der Waals surface area contributed by atoms with Crippen LogP contribution in [0.25, 0.3) is 0 Å². The van der Waals surface area contributed by atoms with Crippen LogP contribution in [0.4, 0.5) is 0 Å². The number of nitrogens with one attached hydrogen (secondary N) is 1. The molecule has 198 valence electrons. The summed E-state index contributed by atoms with van der Waals surface area (Å²) in [5, 5.41) is 2.76. The van der Waals surface area contributed by atoms with Crippen molar-refractivity contribution in [3.8, 4) is 0 Å². The topological polar surface area (TPSA) is 98.5 Å². The molecule has 0 saturated heterocycles. The van der Waals surface area contributed by atoms with E-state index in [9.17, 15) is 14.4 Å². The number of fused-ring (bicyclic) bond motifs is 5. The molecule has 0 radical (unpaired) electrons. The Morgan fingerprint density at radius 1 is 0.971 bits per heavy atom. The molecule has 0 aliphatic heterocycles. The Kier molecular flexibility index (Phi) is 7.72. The van der Waals surface area contributed by atoms with Gasteiger partial charge in [0, 0.05) is 5.92 Å². The van der Waals surface area contributed by atoms with Gasteiger partial charge >= 0.3 is 5.97 Å². The number of ether oxygens (including phenoxy) is 1. The average molecular weight is 489 g/mol. The number of hydrogen-bond donors (Lipinski definition) is 2. The van der Waals surface area contributed by atoms with Gasteiger partial charge in [0.25, 0.3) is 0 Å². The molecule has 9 atom stereocenters. The molecule has 0 spiro atoms. The molecule has 0 aromatic rings. The Morgan fingerprint density at radius 2 is 1.66 bits per heavy atom. The first kappa shape index (κ1) is 26.6. The largest absolute Gasteiger partial charge is 0.461 e. The highest BCUT2D eigenvalue weighted by atomic mass is 16.5. The van der Waals surface area contributed by atoms with Crippen LogP contribution in [0.2, 0.25) is 0 Å². The molecule has 3 N–H and O–H groups in total. The lowest BCUT2D eigenvalue weighted by molar-refractivity contribution is -0.166. The first-order valence-electron chi connectivity index (χ1n) is 14.2. The van der Waals surface area contributed by atoms with Gasteiger partial charge in [-0.2, -0.15) is 0 Å². The lowest BCUT2D eigenvalue weighted by Crippen LogP contribution is -2.54. The summed E-state index contributed by atoms with van der Waals surface area (Å²) in [6.07, 6.45) is 10.6. The quantitative estimate of drug-likeness (QED) is 0.509. The Bertz CT molecular complexity index is 827. The minimum absolute atomic E-state index is 0.0657. The third-order valence-corrected chi connectivity index (χ3v) is 10.9. The normalized spacial score (nSPS) is 41.3. The van der Waals surface area contributed by atoms with Crippen molar-refractivity contribution < 1.29 is 19.1 Å². The van der Waals surface area contributed by atoms with E-state index >= 15 is 0 Å². The molecule has 4 aliphatic rings. The minimum atomic E-state index is -0.622. The van der Waals surface area contributed by atoms with E-state index in [2.05, 4.69) is 19.2 Å². The third kappa shape index (κ3) is 4.93. The molecule has 0 unspecified atom stereocenters. The van der Waals surface area contributed by atoms with Crippen LogP contribution >= 0.6 is 0 Å². The monoisotopic (exact) mass is 488 g/mol. The molecule has 1 amide bonds. The Hall–Kier alpha value is -1.43. The summed E-state index contributed by atoms with van der Waals surface area (Å²) in [5.41, 5.74) is 5.95. The molecule has 0 bridgehead atoms. The van der Waals surface area contributed by atoms with Gasteiger partial charge in [-0.3, -0.25) is 9.59 Å². The van der Waals surface area contributed by atoms with Crippen molar-refractivity contribution in [2.45, 2.75) is 111 Å². The van der Waals surface area contributed by atoms with E-state index in [-0.39, 0.29) is 41.8 Å². The maximum Gasteiger partial charge on any atom is 0.328 e. The first-order valence-corrected chi connectivity index (χ1v) is 14.2. The van der Waals surface area contributed by atoms with Crippen LogP contribution in [0.3, 0.4) is 0 Å². The van der Waals surface area contributed by atoms with Gasteiger partial charge in [0.05, 0.1) is 6.54 Å². The molecule has 4 aliphatic carbocycles. The molecule has 4 fully saturated rings. The first-order chi connectivity index (χ1) is 16.5. The van der Waals surface area contributed by atoms with Crippen LogP contribution in [-0.4, -0.2) is 36.4 Å². The van der Waals surface area contributed by atoms with Crippen molar-refractivity contribution in [1.29, 1.82) is 0 Å². The van der Waals surface area contributed by atoms with Crippen molar-refractivity contribution in [3.63, 3.8) is 0 Å². The lowest BCUT2D eigenvalue weighted by atomic mass is 9.44. The number of nitrogens with two attached hydrogens (primary N) is 1. The van der Waals surface area contributed by atoms with E-state index in [1.165, 1.54) is 32.1 Å². The number of rotatable bonds is 7. The van der Waals surface area contributed by atoms with Crippen LogP contribution in [0.1, 0.15) is 98.8 Å². The van der Waals surface area contributed by atoms with E-state index < -0.39 is 6.04 Å². The van der Waals surface area contributed by atoms with Crippen LogP contribution in [0.15, 0.2) is 0 Å². The molecule has 0 aromatic carbocycles.